The van der Waals surface area contributed by atoms with E-state index in [-0.39, 0.29) is 11.9 Å². The van der Waals surface area contributed by atoms with E-state index in [1.54, 1.807) is 18.3 Å². The minimum atomic E-state index is -0.899. The van der Waals surface area contributed by atoms with Crippen molar-refractivity contribution in [1.82, 2.24) is 9.88 Å². The molecule has 4 rings (SSSR count). The molecular formula is C19H17BrN4O3S. The molecule has 1 fully saturated rings. The predicted octanol–water partition coefficient (Wildman–Crippen LogP) is 4.48. The number of hydrogen-bond donors (Lipinski definition) is 3. The molecule has 0 bridgehead atoms. The van der Waals surface area contributed by atoms with Gasteiger partial charge in [-0.1, -0.05) is 15.9 Å². The summed E-state index contributed by atoms with van der Waals surface area (Å²) in [5, 5.41) is 16.1. The van der Waals surface area contributed by atoms with E-state index in [1.165, 1.54) is 16.2 Å². The number of halogens is 1. The highest BCUT2D eigenvalue weighted by atomic mass is 79.9. The van der Waals surface area contributed by atoms with Crippen molar-refractivity contribution in [3.8, 4) is 0 Å². The SMILES string of the molecule is O=C(Nc1ccc(N[C@H]2CCN(C(=O)O)C2)nc1)c1cc2cc(Br)ccc2s1. The Kier molecular flexibility index (Phi) is 5.19. The van der Waals surface area contributed by atoms with Crippen molar-refractivity contribution in [2.75, 3.05) is 23.7 Å². The van der Waals surface area contributed by atoms with Crippen LogP contribution in [0.2, 0.25) is 0 Å². The minimum Gasteiger partial charge on any atom is -0.465 e. The molecule has 2 amide bonds. The van der Waals surface area contributed by atoms with Crippen molar-refractivity contribution in [3.63, 3.8) is 0 Å². The second-order valence-corrected chi connectivity index (χ2v) is 8.54. The van der Waals surface area contributed by atoms with E-state index in [2.05, 4.69) is 31.5 Å². The monoisotopic (exact) mass is 460 g/mol. The molecule has 3 heterocycles. The van der Waals surface area contributed by atoms with Gasteiger partial charge in [0.25, 0.3) is 5.91 Å². The maximum atomic E-state index is 12.5. The lowest BCUT2D eigenvalue weighted by Gasteiger charge is -2.14. The molecule has 3 aromatic rings. The number of nitrogens with zero attached hydrogens (tertiary/aromatic N) is 2. The molecule has 28 heavy (non-hydrogen) atoms. The van der Waals surface area contributed by atoms with Gasteiger partial charge < -0.3 is 20.6 Å². The normalized spacial score (nSPS) is 16.3. The number of carbonyl (C=O) groups is 2. The summed E-state index contributed by atoms with van der Waals surface area (Å²) >= 11 is 4.88. The number of carbonyl (C=O) groups excluding carboxylic acids is 1. The molecule has 1 aliphatic rings. The topological polar surface area (TPSA) is 94.6 Å². The second-order valence-electron chi connectivity index (χ2n) is 6.54. The molecular weight excluding hydrogens is 444 g/mol. The highest BCUT2D eigenvalue weighted by Crippen LogP contribution is 2.29. The van der Waals surface area contributed by atoms with Crippen molar-refractivity contribution in [1.29, 1.82) is 0 Å². The summed E-state index contributed by atoms with van der Waals surface area (Å²) in [7, 11) is 0. The van der Waals surface area contributed by atoms with E-state index in [4.69, 9.17) is 5.11 Å². The smallest absolute Gasteiger partial charge is 0.407 e. The lowest BCUT2D eigenvalue weighted by atomic mass is 10.2. The van der Waals surface area contributed by atoms with E-state index >= 15 is 0 Å². The van der Waals surface area contributed by atoms with Crippen molar-refractivity contribution >= 4 is 60.9 Å². The zero-order chi connectivity index (χ0) is 19.7. The number of likely N-dealkylation sites (tertiary alicyclic amines) is 1. The number of carboxylic acid groups (broad SMARTS) is 1. The van der Waals surface area contributed by atoms with Gasteiger partial charge in [0.2, 0.25) is 0 Å². The third kappa shape index (κ3) is 4.10. The van der Waals surface area contributed by atoms with Crippen LogP contribution in [0.5, 0.6) is 0 Å². The number of amides is 2. The third-order valence-corrected chi connectivity index (χ3v) is 6.14. The first-order chi connectivity index (χ1) is 13.5. The summed E-state index contributed by atoms with van der Waals surface area (Å²) in [5.74, 6) is 0.481. The fraction of sp³-hybridized carbons (Fsp3) is 0.211. The molecule has 144 valence electrons. The zero-order valence-electron chi connectivity index (χ0n) is 14.7. The van der Waals surface area contributed by atoms with Crippen LogP contribution in [0.25, 0.3) is 10.1 Å². The van der Waals surface area contributed by atoms with Gasteiger partial charge in [0.15, 0.2) is 0 Å². The predicted molar refractivity (Wildman–Crippen MR) is 113 cm³/mol. The third-order valence-electron chi connectivity index (χ3n) is 4.53. The minimum absolute atomic E-state index is 0.0434. The van der Waals surface area contributed by atoms with Gasteiger partial charge in [0.1, 0.15) is 5.82 Å². The molecule has 0 unspecified atom stereocenters. The van der Waals surface area contributed by atoms with Crippen molar-refractivity contribution in [2.24, 2.45) is 0 Å². The van der Waals surface area contributed by atoms with Gasteiger partial charge in [-0.3, -0.25) is 4.79 Å². The van der Waals surface area contributed by atoms with Crippen LogP contribution in [0.1, 0.15) is 16.1 Å². The molecule has 9 heteroatoms. The number of anilines is 2. The fourth-order valence-electron chi connectivity index (χ4n) is 3.13. The highest BCUT2D eigenvalue weighted by molar-refractivity contribution is 9.10. The van der Waals surface area contributed by atoms with Crippen LogP contribution in [-0.4, -0.2) is 46.1 Å². The summed E-state index contributed by atoms with van der Waals surface area (Å²) in [5.41, 5.74) is 0.604. The van der Waals surface area contributed by atoms with E-state index in [9.17, 15) is 9.59 Å². The molecule has 2 aromatic heterocycles. The Labute approximate surface area is 173 Å². The Balaban J connectivity index is 1.38. The maximum Gasteiger partial charge on any atom is 0.407 e. The van der Waals surface area contributed by atoms with E-state index in [0.29, 0.717) is 29.5 Å². The number of hydrogen-bond acceptors (Lipinski definition) is 5. The van der Waals surface area contributed by atoms with Gasteiger partial charge >= 0.3 is 6.09 Å². The number of fused-ring (bicyclic) bond motifs is 1. The van der Waals surface area contributed by atoms with E-state index in [0.717, 1.165) is 21.0 Å². The average molecular weight is 461 g/mol. The number of thiophene rings is 1. The highest BCUT2D eigenvalue weighted by Gasteiger charge is 2.25. The van der Waals surface area contributed by atoms with Gasteiger partial charge in [0.05, 0.1) is 16.8 Å². The van der Waals surface area contributed by atoms with Gasteiger partial charge in [-0.25, -0.2) is 9.78 Å². The first-order valence-corrected chi connectivity index (χ1v) is 10.3. The number of rotatable bonds is 4. The van der Waals surface area contributed by atoms with Crippen LogP contribution in [0.3, 0.4) is 0 Å². The lowest BCUT2D eigenvalue weighted by molar-refractivity contribution is 0.103. The molecule has 3 N–H and O–H groups in total. The Morgan fingerprint density at radius 2 is 2.11 bits per heavy atom. The number of benzene rings is 1. The Morgan fingerprint density at radius 1 is 1.25 bits per heavy atom. The van der Waals surface area contributed by atoms with Crippen LogP contribution in [0.15, 0.2) is 47.1 Å². The summed E-state index contributed by atoms with van der Waals surface area (Å²) in [6, 6.07) is 11.4. The Bertz CT molecular complexity index is 1040. The fourth-order valence-corrected chi connectivity index (χ4v) is 4.45. The van der Waals surface area contributed by atoms with Gasteiger partial charge in [-0.05, 0) is 48.2 Å². The molecule has 7 nitrogen and oxygen atoms in total. The zero-order valence-corrected chi connectivity index (χ0v) is 17.1. The molecule has 0 radical (unpaired) electrons. The molecule has 0 aliphatic carbocycles. The second kappa shape index (κ2) is 7.76. The Hall–Kier alpha value is -2.65. The lowest BCUT2D eigenvalue weighted by Crippen LogP contribution is -2.30. The number of pyridine rings is 1. The quantitative estimate of drug-likeness (QED) is 0.533. The number of aromatic nitrogens is 1. The van der Waals surface area contributed by atoms with Crippen molar-refractivity contribution < 1.29 is 14.7 Å². The molecule has 1 aliphatic heterocycles. The van der Waals surface area contributed by atoms with Gasteiger partial charge in [-0.15, -0.1) is 11.3 Å². The van der Waals surface area contributed by atoms with Crippen LogP contribution < -0.4 is 10.6 Å². The molecule has 1 saturated heterocycles. The van der Waals surface area contributed by atoms with Crippen molar-refractivity contribution in [3.05, 3.63) is 51.9 Å². The van der Waals surface area contributed by atoms with Crippen molar-refractivity contribution in [2.45, 2.75) is 12.5 Å². The molecule has 0 saturated carbocycles. The van der Waals surface area contributed by atoms with Gasteiger partial charge in [0, 0.05) is 28.3 Å². The summed E-state index contributed by atoms with van der Waals surface area (Å²) in [6.07, 6.45) is 1.44. The van der Waals surface area contributed by atoms with Crippen LogP contribution in [-0.2, 0) is 0 Å². The Morgan fingerprint density at radius 3 is 2.82 bits per heavy atom. The average Bonchev–Trinajstić information content (AvgIpc) is 3.30. The summed E-state index contributed by atoms with van der Waals surface area (Å²) in [4.78, 5) is 29.8. The van der Waals surface area contributed by atoms with Crippen LogP contribution >= 0.6 is 27.3 Å². The molecule has 1 atom stereocenters. The van der Waals surface area contributed by atoms with Crippen LogP contribution in [0, 0.1) is 0 Å². The van der Waals surface area contributed by atoms with Gasteiger partial charge in [-0.2, -0.15) is 0 Å². The van der Waals surface area contributed by atoms with Crippen LogP contribution in [0.4, 0.5) is 16.3 Å². The number of nitrogens with one attached hydrogen (secondary N) is 2. The van der Waals surface area contributed by atoms with E-state index < -0.39 is 6.09 Å². The first kappa shape index (κ1) is 18.7. The summed E-state index contributed by atoms with van der Waals surface area (Å²) < 4.78 is 2.03. The molecule has 1 aromatic carbocycles. The van der Waals surface area contributed by atoms with E-state index in [1.807, 2.05) is 24.3 Å². The maximum absolute atomic E-state index is 12.5. The first-order valence-electron chi connectivity index (χ1n) is 8.69. The standard InChI is InChI=1S/C19H17BrN4O3S/c20-12-1-3-15-11(7-12)8-16(28-15)18(25)23-13-2-4-17(21-9-13)22-14-5-6-24(10-14)19(26)27/h1-4,7-9,14H,5-6,10H2,(H,21,22)(H,23,25)(H,26,27)/t14-/m0/s1. The molecule has 0 spiro atoms. The summed E-state index contributed by atoms with van der Waals surface area (Å²) in [6.45, 7) is 0.963. The largest absolute Gasteiger partial charge is 0.465 e.